The van der Waals surface area contributed by atoms with Crippen molar-refractivity contribution in [3.8, 4) is 0 Å². The third-order valence-electron chi connectivity index (χ3n) is 3.68. The van der Waals surface area contributed by atoms with Crippen LogP contribution in [0.4, 0.5) is 20.6 Å². The predicted molar refractivity (Wildman–Crippen MR) is 85.8 cm³/mol. The van der Waals surface area contributed by atoms with E-state index < -0.39 is 12.1 Å². The number of rotatable bonds is 3. The Morgan fingerprint density at radius 3 is 2.48 bits per heavy atom. The number of nitrogens with one attached hydrogen (secondary N) is 2. The fourth-order valence-electron chi connectivity index (χ4n) is 2.54. The van der Waals surface area contributed by atoms with E-state index in [-0.39, 0.29) is 11.7 Å². The second-order valence-electron chi connectivity index (χ2n) is 5.27. The minimum absolute atomic E-state index is 0.195. The molecule has 1 atom stereocenters. The number of nitrogens with zero attached hydrogens (tertiary/aromatic N) is 1. The first-order valence-electron chi connectivity index (χ1n) is 7.33. The van der Waals surface area contributed by atoms with Gasteiger partial charge in [0.05, 0.1) is 0 Å². The van der Waals surface area contributed by atoms with Crippen LogP contribution >= 0.6 is 0 Å². The molecule has 0 aromatic heterocycles. The molecule has 23 heavy (non-hydrogen) atoms. The summed E-state index contributed by atoms with van der Waals surface area (Å²) in [6.07, 6.45) is 0.512. The SMILES string of the molecule is O=C(Nc1ccccc1)N[C@@H]1CCN(c2ccc(F)cc2)C1=O. The van der Waals surface area contributed by atoms with Crippen LogP contribution in [0.5, 0.6) is 0 Å². The highest BCUT2D eigenvalue weighted by atomic mass is 19.1. The zero-order chi connectivity index (χ0) is 16.2. The van der Waals surface area contributed by atoms with Gasteiger partial charge in [0.25, 0.3) is 0 Å². The van der Waals surface area contributed by atoms with Crippen LogP contribution < -0.4 is 15.5 Å². The maximum atomic E-state index is 13.0. The molecule has 1 saturated heterocycles. The van der Waals surface area contributed by atoms with Crippen LogP contribution in [0, 0.1) is 5.82 Å². The summed E-state index contributed by atoms with van der Waals surface area (Å²) in [5.41, 5.74) is 1.29. The minimum Gasteiger partial charge on any atom is -0.326 e. The van der Waals surface area contributed by atoms with Gasteiger partial charge in [0.1, 0.15) is 11.9 Å². The standard InChI is InChI=1S/C17H16FN3O2/c18-12-6-8-14(9-7-12)21-11-10-15(16(21)22)20-17(23)19-13-4-2-1-3-5-13/h1-9,15H,10-11H2,(H2,19,20,23)/t15-/m1/s1. The molecule has 1 fully saturated rings. The second-order valence-corrected chi connectivity index (χ2v) is 5.27. The highest BCUT2D eigenvalue weighted by molar-refractivity contribution is 6.02. The van der Waals surface area contributed by atoms with Crippen LogP contribution in [0.3, 0.4) is 0 Å². The van der Waals surface area contributed by atoms with Gasteiger partial charge in [0.2, 0.25) is 5.91 Å². The molecule has 3 rings (SSSR count). The molecule has 0 radical (unpaired) electrons. The highest BCUT2D eigenvalue weighted by Crippen LogP contribution is 2.22. The normalized spacial score (nSPS) is 17.2. The molecule has 2 aromatic carbocycles. The number of amides is 3. The molecular formula is C17H16FN3O2. The van der Waals surface area contributed by atoms with Crippen LogP contribution in [0.1, 0.15) is 6.42 Å². The molecule has 1 aliphatic rings. The van der Waals surface area contributed by atoms with Gasteiger partial charge in [0.15, 0.2) is 0 Å². The molecule has 118 valence electrons. The molecule has 5 nitrogen and oxygen atoms in total. The lowest BCUT2D eigenvalue weighted by molar-refractivity contribution is -0.118. The highest BCUT2D eigenvalue weighted by Gasteiger charge is 2.33. The summed E-state index contributed by atoms with van der Waals surface area (Å²) < 4.78 is 13.0. The van der Waals surface area contributed by atoms with E-state index in [1.807, 2.05) is 18.2 Å². The van der Waals surface area contributed by atoms with Gasteiger partial charge in [-0.15, -0.1) is 0 Å². The largest absolute Gasteiger partial charge is 0.326 e. The molecule has 0 aliphatic carbocycles. The number of carbonyl (C=O) groups excluding carboxylic acids is 2. The first-order valence-corrected chi connectivity index (χ1v) is 7.33. The third-order valence-corrected chi connectivity index (χ3v) is 3.68. The van der Waals surface area contributed by atoms with Gasteiger partial charge in [-0.05, 0) is 42.8 Å². The fraction of sp³-hybridized carbons (Fsp3) is 0.176. The van der Waals surface area contributed by atoms with E-state index in [0.29, 0.717) is 24.3 Å². The zero-order valence-electron chi connectivity index (χ0n) is 12.3. The summed E-state index contributed by atoms with van der Waals surface area (Å²) in [6, 6.07) is 13.7. The van der Waals surface area contributed by atoms with Gasteiger partial charge < -0.3 is 15.5 Å². The van der Waals surface area contributed by atoms with Crippen molar-refractivity contribution >= 4 is 23.3 Å². The number of anilines is 2. The van der Waals surface area contributed by atoms with Crippen LogP contribution in [-0.2, 0) is 4.79 Å². The van der Waals surface area contributed by atoms with Crippen molar-refractivity contribution < 1.29 is 14.0 Å². The van der Waals surface area contributed by atoms with E-state index in [1.165, 1.54) is 12.1 Å². The Morgan fingerprint density at radius 1 is 1.09 bits per heavy atom. The molecule has 1 heterocycles. The summed E-state index contributed by atoms with van der Waals surface area (Å²) in [6.45, 7) is 0.487. The second kappa shape index (κ2) is 6.48. The molecule has 0 saturated carbocycles. The lowest BCUT2D eigenvalue weighted by Crippen LogP contribution is -2.43. The Kier molecular flexibility index (Phi) is 4.23. The Labute approximate surface area is 133 Å². The predicted octanol–water partition coefficient (Wildman–Crippen LogP) is 2.75. The fourth-order valence-corrected chi connectivity index (χ4v) is 2.54. The first-order chi connectivity index (χ1) is 11.1. The Bertz CT molecular complexity index is 704. The van der Waals surface area contributed by atoms with Crippen LogP contribution in [-0.4, -0.2) is 24.5 Å². The van der Waals surface area contributed by atoms with Crippen LogP contribution in [0.2, 0.25) is 0 Å². The summed E-state index contributed by atoms with van der Waals surface area (Å²) in [5, 5.41) is 5.35. The molecule has 0 unspecified atom stereocenters. The molecular weight excluding hydrogens is 297 g/mol. The number of hydrogen-bond acceptors (Lipinski definition) is 2. The molecule has 6 heteroatoms. The first kappa shape index (κ1) is 15.0. The van der Waals surface area contributed by atoms with Crippen molar-refractivity contribution in [2.24, 2.45) is 0 Å². The van der Waals surface area contributed by atoms with Crippen molar-refractivity contribution in [1.82, 2.24) is 5.32 Å². The number of urea groups is 1. The van der Waals surface area contributed by atoms with E-state index in [1.54, 1.807) is 29.2 Å². The maximum absolute atomic E-state index is 13.0. The van der Waals surface area contributed by atoms with Gasteiger partial charge in [-0.2, -0.15) is 0 Å². The average Bonchev–Trinajstić information content (AvgIpc) is 2.90. The Balaban J connectivity index is 1.61. The lowest BCUT2D eigenvalue weighted by atomic mass is 10.2. The zero-order valence-corrected chi connectivity index (χ0v) is 12.3. The van der Waals surface area contributed by atoms with Gasteiger partial charge in [-0.25, -0.2) is 9.18 Å². The molecule has 0 spiro atoms. The Hall–Kier alpha value is -2.89. The summed E-state index contributed by atoms with van der Waals surface area (Å²) in [5.74, 6) is -0.544. The lowest BCUT2D eigenvalue weighted by Gasteiger charge is -2.17. The number of benzene rings is 2. The van der Waals surface area contributed by atoms with Crippen LogP contribution in [0.25, 0.3) is 0 Å². The van der Waals surface area contributed by atoms with Crippen LogP contribution in [0.15, 0.2) is 54.6 Å². The number of para-hydroxylation sites is 1. The molecule has 2 aromatic rings. The van der Waals surface area contributed by atoms with Gasteiger partial charge >= 0.3 is 6.03 Å². The van der Waals surface area contributed by atoms with Gasteiger partial charge in [-0.1, -0.05) is 18.2 Å². The maximum Gasteiger partial charge on any atom is 0.319 e. The minimum atomic E-state index is -0.580. The number of carbonyl (C=O) groups is 2. The average molecular weight is 313 g/mol. The van der Waals surface area contributed by atoms with Crippen molar-refractivity contribution in [3.05, 3.63) is 60.4 Å². The van der Waals surface area contributed by atoms with E-state index in [2.05, 4.69) is 10.6 Å². The van der Waals surface area contributed by atoms with E-state index in [4.69, 9.17) is 0 Å². The quantitative estimate of drug-likeness (QED) is 0.915. The van der Waals surface area contributed by atoms with Gasteiger partial charge in [-0.3, -0.25) is 4.79 Å². The molecule has 1 aliphatic heterocycles. The van der Waals surface area contributed by atoms with Crippen molar-refractivity contribution in [2.75, 3.05) is 16.8 Å². The topological polar surface area (TPSA) is 61.4 Å². The Morgan fingerprint density at radius 2 is 1.78 bits per heavy atom. The molecule has 0 bridgehead atoms. The number of halogens is 1. The molecule has 2 N–H and O–H groups in total. The van der Waals surface area contributed by atoms with E-state index in [0.717, 1.165) is 0 Å². The summed E-state index contributed by atoms with van der Waals surface area (Å²) >= 11 is 0. The summed E-state index contributed by atoms with van der Waals surface area (Å²) in [4.78, 5) is 25.9. The van der Waals surface area contributed by atoms with Crippen molar-refractivity contribution in [3.63, 3.8) is 0 Å². The van der Waals surface area contributed by atoms with Crippen molar-refractivity contribution in [2.45, 2.75) is 12.5 Å². The number of hydrogen-bond donors (Lipinski definition) is 2. The van der Waals surface area contributed by atoms with E-state index >= 15 is 0 Å². The summed E-state index contributed by atoms with van der Waals surface area (Å²) in [7, 11) is 0. The third kappa shape index (κ3) is 3.48. The van der Waals surface area contributed by atoms with E-state index in [9.17, 15) is 14.0 Å². The van der Waals surface area contributed by atoms with Gasteiger partial charge in [0, 0.05) is 17.9 Å². The monoisotopic (exact) mass is 313 g/mol. The van der Waals surface area contributed by atoms with Crippen molar-refractivity contribution in [1.29, 1.82) is 0 Å². The molecule has 3 amide bonds. The smallest absolute Gasteiger partial charge is 0.319 e.